The smallest absolute Gasteiger partial charge is 0.300 e. The third-order valence-corrected chi connectivity index (χ3v) is 6.73. The molecule has 0 radical (unpaired) electrons. The summed E-state index contributed by atoms with van der Waals surface area (Å²) in [7, 11) is -3.81. The van der Waals surface area contributed by atoms with Crippen molar-refractivity contribution in [3.05, 3.63) is 5.01 Å². The van der Waals surface area contributed by atoms with Gasteiger partial charge in [0.25, 0.3) is 0 Å². The molecule has 0 aliphatic heterocycles. The van der Waals surface area contributed by atoms with Crippen LogP contribution in [0.1, 0.15) is 52.5 Å². The van der Waals surface area contributed by atoms with E-state index >= 15 is 0 Å². The maximum atomic E-state index is 12.4. The molecule has 0 atom stereocenters. The molecule has 1 aromatic heterocycles. The van der Waals surface area contributed by atoms with Crippen LogP contribution in [0.5, 0.6) is 0 Å². The van der Waals surface area contributed by atoms with E-state index in [-0.39, 0.29) is 10.5 Å². The minimum absolute atomic E-state index is 0.238. The van der Waals surface area contributed by atoms with Crippen LogP contribution >= 0.6 is 11.3 Å². The number of amides is 1. The Hall–Kier alpha value is -1.23. The van der Waals surface area contributed by atoms with Gasteiger partial charge in [0.2, 0.25) is 11.0 Å². The lowest BCUT2D eigenvalue weighted by Gasteiger charge is -2.22. The average Bonchev–Trinajstić information content (AvgIpc) is 2.83. The number of alkyl halides is 3. The van der Waals surface area contributed by atoms with E-state index in [1.165, 1.54) is 25.2 Å². The molecule has 0 spiro atoms. The molecule has 0 saturated heterocycles. The summed E-state index contributed by atoms with van der Waals surface area (Å²) in [6.45, 7) is 8.68. The minimum atomic E-state index is -4.40. The number of hydrogen-bond acceptors (Lipinski definition) is 6. The minimum Gasteiger partial charge on any atom is -0.300 e. The predicted molar refractivity (Wildman–Crippen MR) is 95.0 cm³/mol. The number of nitrogens with one attached hydrogen (secondary N) is 1. The molecule has 0 aliphatic rings. The highest BCUT2D eigenvalue weighted by Crippen LogP contribution is 2.29. The van der Waals surface area contributed by atoms with E-state index < -0.39 is 51.7 Å². The molecular formula is C15H24F3N3O3S2. The number of aromatic nitrogens is 2. The summed E-state index contributed by atoms with van der Waals surface area (Å²) in [5, 5.41) is 11.4. The number of halogens is 3. The van der Waals surface area contributed by atoms with Gasteiger partial charge in [0.1, 0.15) is 5.01 Å². The molecule has 0 aliphatic carbocycles. The number of hydrogen-bond donors (Lipinski definition) is 1. The molecule has 1 amide bonds. The van der Waals surface area contributed by atoms with E-state index in [2.05, 4.69) is 15.5 Å². The number of carbonyl (C=O) groups excluding carboxylic acids is 1. The summed E-state index contributed by atoms with van der Waals surface area (Å²) in [5.74, 6) is -1.74. The Morgan fingerprint density at radius 1 is 1.12 bits per heavy atom. The van der Waals surface area contributed by atoms with E-state index in [0.29, 0.717) is 5.01 Å². The zero-order chi connectivity index (χ0) is 20.4. The number of anilines is 1. The van der Waals surface area contributed by atoms with Crippen LogP contribution in [0.4, 0.5) is 18.3 Å². The van der Waals surface area contributed by atoms with E-state index in [9.17, 15) is 26.4 Å². The molecule has 1 rings (SSSR count). The molecule has 1 aromatic rings. The summed E-state index contributed by atoms with van der Waals surface area (Å²) in [6, 6.07) is 0. The molecule has 0 bridgehead atoms. The predicted octanol–water partition coefficient (Wildman–Crippen LogP) is 3.56. The highest BCUT2D eigenvalue weighted by atomic mass is 32.2. The second-order valence-electron chi connectivity index (χ2n) is 7.81. The van der Waals surface area contributed by atoms with Crippen LogP contribution in [0.3, 0.4) is 0 Å². The number of rotatable bonds is 7. The van der Waals surface area contributed by atoms with Gasteiger partial charge >= 0.3 is 6.18 Å². The van der Waals surface area contributed by atoms with Crippen LogP contribution in [-0.2, 0) is 20.0 Å². The van der Waals surface area contributed by atoms with Crippen molar-refractivity contribution < 1.29 is 26.4 Å². The fourth-order valence-electron chi connectivity index (χ4n) is 2.02. The first-order valence-electron chi connectivity index (χ1n) is 7.94. The van der Waals surface area contributed by atoms with Gasteiger partial charge in [0.05, 0.1) is 16.9 Å². The molecule has 0 saturated carbocycles. The standard InChI is InChI=1S/C15H24F3N3O3S2/c1-13(2,3)11-20-21-12(25-11)19-10(22)14(4,5)9-26(23,24)8-6-7-15(16,17)18/h6-9H2,1-5H3,(H,19,21,22). The molecule has 150 valence electrons. The lowest BCUT2D eigenvalue weighted by molar-refractivity contribution is -0.134. The van der Waals surface area contributed by atoms with Gasteiger partial charge in [-0.2, -0.15) is 13.2 Å². The van der Waals surface area contributed by atoms with Crippen LogP contribution in [0.2, 0.25) is 0 Å². The van der Waals surface area contributed by atoms with Crippen molar-refractivity contribution in [2.24, 2.45) is 5.41 Å². The lowest BCUT2D eigenvalue weighted by Crippen LogP contribution is -2.37. The van der Waals surface area contributed by atoms with Crippen molar-refractivity contribution >= 4 is 32.2 Å². The van der Waals surface area contributed by atoms with Crippen molar-refractivity contribution in [2.75, 3.05) is 16.8 Å². The van der Waals surface area contributed by atoms with E-state index in [1.54, 1.807) is 0 Å². The van der Waals surface area contributed by atoms with Crippen LogP contribution < -0.4 is 5.32 Å². The average molecular weight is 416 g/mol. The number of carbonyl (C=O) groups is 1. The van der Waals surface area contributed by atoms with Crippen LogP contribution in [0, 0.1) is 5.41 Å². The van der Waals surface area contributed by atoms with Gasteiger partial charge in [-0.3, -0.25) is 4.79 Å². The molecular weight excluding hydrogens is 391 g/mol. The molecule has 26 heavy (non-hydrogen) atoms. The third kappa shape index (κ3) is 7.56. The second kappa shape index (κ2) is 7.79. The summed E-state index contributed by atoms with van der Waals surface area (Å²) in [4.78, 5) is 12.4. The maximum absolute atomic E-state index is 12.4. The molecule has 1 heterocycles. The van der Waals surface area contributed by atoms with E-state index in [1.807, 2.05) is 20.8 Å². The topological polar surface area (TPSA) is 89.0 Å². The molecule has 0 fully saturated rings. The van der Waals surface area contributed by atoms with Crippen LogP contribution in [-0.4, -0.2) is 42.2 Å². The zero-order valence-electron chi connectivity index (χ0n) is 15.4. The summed E-state index contributed by atoms with van der Waals surface area (Å²) >= 11 is 1.19. The van der Waals surface area contributed by atoms with Gasteiger partial charge in [0, 0.05) is 11.8 Å². The summed E-state index contributed by atoms with van der Waals surface area (Å²) < 4.78 is 60.6. The summed E-state index contributed by atoms with van der Waals surface area (Å²) in [5.41, 5.74) is -1.55. The SMILES string of the molecule is CC(C)(CS(=O)(=O)CCCC(F)(F)F)C(=O)Nc1nnc(C(C)(C)C)s1. The van der Waals surface area contributed by atoms with Crippen LogP contribution in [0.25, 0.3) is 0 Å². The highest BCUT2D eigenvalue weighted by Gasteiger charge is 2.35. The monoisotopic (exact) mass is 415 g/mol. The Morgan fingerprint density at radius 2 is 1.69 bits per heavy atom. The Morgan fingerprint density at radius 3 is 2.15 bits per heavy atom. The maximum Gasteiger partial charge on any atom is 0.389 e. The molecule has 6 nitrogen and oxygen atoms in total. The quantitative estimate of drug-likeness (QED) is 0.736. The lowest BCUT2D eigenvalue weighted by atomic mass is 9.95. The Balaban J connectivity index is 2.71. The normalized spacial score (nSPS) is 13.7. The van der Waals surface area contributed by atoms with Crippen molar-refractivity contribution in [1.82, 2.24) is 10.2 Å². The van der Waals surface area contributed by atoms with Crippen molar-refractivity contribution in [1.29, 1.82) is 0 Å². The number of sulfone groups is 1. The first kappa shape index (κ1) is 22.8. The van der Waals surface area contributed by atoms with Gasteiger partial charge in [-0.05, 0) is 6.42 Å². The van der Waals surface area contributed by atoms with Gasteiger partial charge < -0.3 is 5.32 Å². The van der Waals surface area contributed by atoms with Crippen molar-refractivity contribution in [3.63, 3.8) is 0 Å². The van der Waals surface area contributed by atoms with Crippen molar-refractivity contribution in [3.8, 4) is 0 Å². The summed E-state index contributed by atoms with van der Waals surface area (Å²) in [6.07, 6.45) is -6.08. The molecule has 1 N–H and O–H groups in total. The van der Waals surface area contributed by atoms with Gasteiger partial charge in [-0.15, -0.1) is 10.2 Å². The first-order chi connectivity index (χ1) is 11.5. The van der Waals surface area contributed by atoms with Crippen molar-refractivity contribution in [2.45, 2.75) is 59.1 Å². The second-order valence-corrected chi connectivity index (χ2v) is 11.0. The van der Waals surface area contributed by atoms with Gasteiger partial charge in [0.15, 0.2) is 9.84 Å². The van der Waals surface area contributed by atoms with Gasteiger partial charge in [-0.1, -0.05) is 46.0 Å². The van der Waals surface area contributed by atoms with Gasteiger partial charge in [-0.25, -0.2) is 8.42 Å². The Kier molecular flexibility index (Phi) is 6.84. The molecule has 0 aromatic carbocycles. The first-order valence-corrected chi connectivity index (χ1v) is 10.6. The highest BCUT2D eigenvalue weighted by molar-refractivity contribution is 7.91. The fraction of sp³-hybridized carbons (Fsp3) is 0.800. The Labute approximate surface area is 155 Å². The zero-order valence-corrected chi connectivity index (χ0v) is 17.0. The third-order valence-electron chi connectivity index (χ3n) is 3.40. The molecule has 11 heteroatoms. The molecule has 0 unspecified atom stereocenters. The number of nitrogens with zero attached hydrogens (tertiary/aromatic N) is 2. The van der Waals surface area contributed by atoms with E-state index in [4.69, 9.17) is 0 Å². The largest absolute Gasteiger partial charge is 0.389 e. The Bertz CT molecular complexity index is 735. The van der Waals surface area contributed by atoms with E-state index in [0.717, 1.165) is 0 Å². The fourth-order valence-corrected chi connectivity index (χ4v) is 4.78. The van der Waals surface area contributed by atoms with Crippen LogP contribution in [0.15, 0.2) is 0 Å².